The van der Waals surface area contributed by atoms with E-state index in [-0.39, 0.29) is 11.5 Å². The number of nitrogens with one attached hydrogen (secondary N) is 2. The average Bonchev–Trinajstić information content (AvgIpc) is 3.31. The first-order valence-corrected chi connectivity index (χ1v) is 7.92. The van der Waals surface area contributed by atoms with Crippen molar-refractivity contribution in [2.75, 3.05) is 5.32 Å². The summed E-state index contributed by atoms with van der Waals surface area (Å²) in [6.07, 6.45) is 3.11. The Morgan fingerprint density at radius 1 is 1.00 bits per heavy atom. The van der Waals surface area contributed by atoms with Gasteiger partial charge in [-0.05, 0) is 36.4 Å². The predicted molar refractivity (Wildman–Crippen MR) is 97.4 cm³/mol. The van der Waals surface area contributed by atoms with Crippen molar-refractivity contribution >= 4 is 28.5 Å². The summed E-state index contributed by atoms with van der Waals surface area (Å²) in [5.74, 6) is -0.957. The van der Waals surface area contributed by atoms with Crippen LogP contribution in [0.5, 0.6) is 0 Å². The Balaban J connectivity index is 1.67. The zero-order valence-electron chi connectivity index (χ0n) is 13.5. The van der Waals surface area contributed by atoms with Crippen molar-refractivity contribution in [2.45, 2.75) is 0 Å². The Morgan fingerprint density at radius 3 is 2.62 bits per heavy atom. The molecule has 0 unspecified atom stereocenters. The van der Waals surface area contributed by atoms with Crippen LogP contribution in [-0.2, 0) is 0 Å². The number of fused-ring (bicyclic) bond motifs is 1. The zero-order chi connectivity index (χ0) is 18.1. The van der Waals surface area contributed by atoms with Gasteiger partial charge in [0.25, 0.3) is 5.91 Å². The van der Waals surface area contributed by atoms with Crippen molar-refractivity contribution in [3.8, 4) is 11.3 Å². The highest BCUT2D eigenvalue weighted by Gasteiger charge is 2.17. The molecule has 26 heavy (non-hydrogen) atoms. The van der Waals surface area contributed by atoms with Crippen molar-refractivity contribution in [3.05, 3.63) is 78.2 Å². The third-order valence-corrected chi connectivity index (χ3v) is 4.13. The molecule has 0 aliphatic heterocycles. The van der Waals surface area contributed by atoms with Gasteiger partial charge in [0.1, 0.15) is 5.76 Å². The summed E-state index contributed by atoms with van der Waals surface area (Å²) >= 11 is 0. The highest BCUT2D eigenvalue weighted by atomic mass is 16.4. The molecular weight excluding hydrogens is 332 g/mol. The molecule has 2 aromatic heterocycles. The number of hydrogen-bond acceptors (Lipinski definition) is 3. The van der Waals surface area contributed by atoms with Gasteiger partial charge in [0, 0.05) is 28.4 Å². The second-order valence-electron chi connectivity index (χ2n) is 5.74. The first-order valence-electron chi connectivity index (χ1n) is 7.92. The SMILES string of the molecule is O=C(O)c1cc(NC(=O)c2c[nH]c3ccccc23)ccc1-c1ccco1. The summed E-state index contributed by atoms with van der Waals surface area (Å²) in [6, 6.07) is 15.5. The van der Waals surface area contributed by atoms with E-state index in [1.165, 1.54) is 12.3 Å². The van der Waals surface area contributed by atoms with Crippen LogP contribution in [0.4, 0.5) is 5.69 Å². The summed E-state index contributed by atoms with van der Waals surface area (Å²) in [5.41, 5.74) is 2.25. The van der Waals surface area contributed by atoms with Gasteiger partial charge in [-0.3, -0.25) is 4.79 Å². The number of carboxylic acid groups (broad SMARTS) is 1. The van der Waals surface area contributed by atoms with Crippen molar-refractivity contribution in [1.82, 2.24) is 4.98 Å². The van der Waals surface area contributed by atoms with E-state index >= 15 is 0 Å². The van der Waals surface area contributed by atoms with Crippen LogP contribution in [0.25, 0.3) is 22.2 Å². The number of aromatic amines is 1. The monoisotopic (exact) mass is 346 g/mol. The number of aromatic carboxylic acids is 1. The Bertz CT molecular complexity index is 1110. The lowest BCUT2D eigenvalue weighted by Crippen LogP contribution is -2.12. The van der Waals surface area contributed by atoms with Crippen LogP contribution in [0.2, 0.25) is 0 Å². The third-order valence-electron chi connectivity index (χ3n) is 4.13. The highest BCUT2D eigenvalue weighted by Crippen LogP contribution is 2.27. The van der Waals surface area contributed by atoms with Gasteiger partial charge in [-0.15, -0.1) is 0 Å². The van der Waals surface area contributed by atoms with E-state index in [2.05, 4.69) is 10.3 Å². The van der Waals surface area contributed by atoms with Crippen molar-refractivity contribution < 1.29 is 19.1 Å². The van der Waals surface area contributed by atoms with Crippen LogP contribution in [0.1, 0.15) is 20.7 Å². The minimum absolute atomic E-state index is 0.0525. The molecule has 1 amide bonds. The molecule has 0 radical (unpaired) electrons. The normalized spacial score (nSPS) is 10.8. The number of benzene rings is 2. The van der Waals surface area contributed by atoms with E-state index in [1.54, 1.807) is 30.5 Å². The molecule has 3 N–H and O–H groups in total. The lowest BCUT2D eigenvalue weighted by molar-refractivity contribution is 0.0697. The van der Waals surface area contributed by atoms with E-state index in [0.29, 0.717) is 22.6 Å². The quantitative estimate of drug-likeness (QED) is 0.511. The van der Waals surface area contributed by atoms with Gasteiger partial charge in [0.05, 0.1) is 17.4 Å². The summed E-state index contributed by atoms with van der Waals surface area (Å²) < 4.78 is 5.28. The fraction of sp³-hybridized carbons (Fsp3) is 0. The minimum Gasteiger partial charge on any atom is -0.478 e. The van der Waals surface area contributed by atoms with Crippen molar-refractivity contribution in [2.24, 2.45) is 0 Å². The van der Waals surface area contributed by atoms with E-state index in [4.69, 9.17) is 4.42 Å². The van der Waals surface area contributed by atoms with E-state index < -0.39 is 5.97 Å². The van der Waals surface area contributed by atoms with Gasteiger partial charge in [-0.1, -0.05) is 18.2 Å². The molecule has 0 aliphatic rings. The molecule has 4 rings (SSSR count). The topological polar surface area (TPSA) is 95.3 Å². The van der Waals surface area contributed by atoms with E-state index in [0.717, 1.165) is 10.9 Å². The molecule has 4 aromatic rings. The maximum atomic E-state index is 12.6. The van der Waals surface area contributed by atoms with E-state index in [1.807, 2.05) is 24.3 Å². The zero-order valence-corrected chi connectivity index (χ0v) is 13.5. The Hall–Kier alpha value is -3.80. The molecule has 6 heteroatoms. The van der Waals surface area contributed by atoms with Crippen LogP contribution in [0, 0.1) is 0 Å². The van der Waals surface area contributed by atoms with E-state index in [9.17, 15) is 14.7 Å². The smallest absolute Gasteiger partial charge is 0.336 e. The van der Waals surface area contributed by atoms with Crippen molar-refractivity contribution in [3.63, 3.8) is 0 Å². The fourth-order valence-electron chi connectivity index (χ4n) is 2.90. The Labute approximate surface area is 148 Å². The van der Waals surface area contributed by atoms with Gasteiger partial charge >= 0.3 is 5.97 Å². The first kappa shape index (κ1) is 15.7. The molecule has 128 valence electrons. The third kappa shape index (κ3) is 2.73. The number of anilines is 1. The predicted octanol–water partition coefficient (Wildman–Crippen LogP) is 4.38. The average molecular weight is 346 g/mol. The summed E-state index contributed by atoms with van der Waals surface area (Å²) in [7, 11) is 0. The molecule has 6 nitrogen and oxygen atoms in total. The van der Waals surface area contributed by atoms with Gasteiger partial charge < -0.3 is 19.8 Å². The van der Waals surface area contributed by atoms with Gasteiger partial charge in [0.15, 0.2) is 0 Å². The molecular formula is C20H14N2O4. The van der Waals surface area contributed by atoms with Crippen LogP contribution < -0.4 is 5.32 Å². The molecule has 0 atom stereocenters. The van der Waals surface area contributed by atoms with Gasteiger partial charge in [-0.25, -0.2) is 4.79 Å². The van der Waals surface area contributed by atoms with Crippen LogP contribution in [0.15, 0.2) is 71.5 Å². The number of carboxylic acids is 1. The summed E-state index contributed by atoms with van der Waals surface area (Å²) in [6.45, 7) is 0. The van der Waals surface area contributed by atoms with Gasteiger partial charge in [-0.2, -0.15) is 0 Å². The number of amides is 1. The highest BCUT2D eigenvalue weighted by molar-refractivity contribution is 6.13. The maximum Gasteiger partial charge on any atom is 0.336 e. The van der Waals surface area contributed by atoms with Crippen molar-refractivity contribution in [1.29, 1.82) is 0 Å². The molecule has 0 bridgehead atoms. The van der Waals surface area contributed by atoms with Crippen LogP contribution >= 0.6 is 0 Å². The molecule has 0 spiro atoms. The molecule has 0 saturated heterocycles. The largest absolute Gasteiger partial charge is 0.478 e. The number of aromatic nitrogens is 1. The lowest BCUT2D eigenvalue weighted by Gasteiger charge is -2.09. The molecule has 0 fully saturated rings. The number of rotatable bonds is 4. The molecule has 2 aromatic carbocycles. The Kier molecular flexibility index (Phi) is 3.78. The Morgan fingerprint density at radius 2 is 1.85 bits per heavy atom. The number of carbonyl (C=O) groups excluding carboxylic acids is 1. The fourth-order valence-corrected chi connectivity index (χ4v) is 2.90. The summed E-state index contributed by atoms with van der Waals surface area (Å²) in [4.78, 5) is 27.2. The molecule has 2 heterocycles. The standard InChI is InChI=1S/C20H14N2O4/c23-19(16-11-21-17-5-2-1-4-13(16)17)22-12-7-8-14(15(10-12)20(24)25)18-6-3-9-26-18/h1-11,21H,(H,22,23)(H,24,25). The second-order valence-corrected chi connectivity index (χ2v) is 5.74. The number of para-hydroxylation sites is 1. The number of furan rings is 1. The lowest BCUT2D eigenvalue weighted by atomic mass is 10.0. The molecule has 0 aliphatic carbocycles. The minimum atomic E-state index is -1.10. The maximum absolute atomic E-state index is 12.6. The number of carbonyl (C=O) groups is 2. The number of hydrogen-bond donors (Lipinski definition) is 3. The number of H-pyrrole nitrogens is 1. The first-order chi connectivity index (χ1) is 12.6. The summed E-state index contributed by atoms with van der Waals surface area (Å²) in [5, 5.41) is 13.0. The second kappa shape index (κ2) is 6.25. The van der Waals surface area contributed by atoms with Gasteiger partial charge in [0.2, 0.25) is 0 Å². The van der Waals surface area contributed by atoms with Crippen LogP contribution in [0.3, 0.4) is 0 Å². The van der Waals surface area contributed by atoms with Crippen LogP contribution in [-0.4, -0.2) is 22.0 Å². The molecule has 0 saturated carbocycles.